The van der Waals surface area contributed by atoms with Crippen molar-refractivity contribution in [2.75, 3.05) is 11.5 Å². The van der Waals surface area contributed by atoms with Crippen LogP contribution >= 0.6 is 0 Å². The second kappa shape index (κ2) is 11.9. The lowest BCUT2D eigenvalue weighted by Gasteiger charge is -2.25. The maximum absolute atomic E-state index is 8.93. The first-order valence-electron chi connectivity index (χ1n) is 11.4. The highest BCUT2D eigenvalue weighted by molar-refractivity contribution is 5.77. The number of hydrogen-bond acceptors (Lipinski definition) is 3. The van der Waals surface area contributed by atoms with Crippen LogP contribution in [-0.2, 0) is 0 Å². The molecule has 0 amide bonds. The van der Waals surface area contributed by atoms with Crippen molar-refractivity contribution >= 4 is 17.1 Å². The molecular weight excluding hydrogens is 428 g/mol. The number of nitrogens with zero attached hydrogens (tertiary/aromatic N) is 2. The number of rotatable bonds is 5. The van der Waals surface area contributed by atoms with E-state index < -0.39 is 0 Å². The lowest BCUT2D eigenvalue weighted by Crippen LogP contribution is -2.09. The maximum atomic E-state index is 8.93. The van der Waals surface area contributed by atoms with Gasteiger partial charge in [-0.2, -0.15) is 5.26 Å². The van der Waals surface area contributed by atoms with Gasteiger partial charge < -0.3 is 10.0 Å². The minimum Gasteiger partial charge on any atom is -0.396 e. The highest BCUT2D eigenvalue weighted by Gasteiger charge is 2.11. The molecule has 0 heterocycles. The third-order valence-corrected chi connectivity index (χ3v) is 5.32. The number of anilines is 3. The molecule has 3 heteroatoms. The van der Waals surface area contributed by atoms with Crippen LogP contribution in [0.2, 0.25) is 0 Å². The first kappa shape index (κ1) is 23.4. The number of benzene rings is 4. The first-order valence-corrected chi connectivity index (χ1v) is 11.4. The number of aliphatic hydroxyl groups is 1. The van der Waals surface area contributed by atoms with Gasteiger partial charge in [0.1, 0.15) is 0 Å². The number of hydrogen-bond donors (Lipinski definition) is 1. The molecule has 0 aliphatic carbocycles. The Morgan fingerprint density at radius 3 is 1.54 bits per heavy atom. The summed E-state index contributed by atoms with van der Waals surface area (Å²) in [4.78, 5) is 2.20. The molecule has 0 saturated heterocycles. The van der Waals surface area contributed by atoms with Gasteiger partial charge in [0.2, 0.25) is 0 Å². The van der Waals surface area contributed by atoms with Crippen LogP contribution in [0.25, 0.3) is 0 Å². The Bertz CT molecular complexity index is 1410. The Labute approximate surface area is 206 Å². The molecule has 0 saturated carbocycles. The van der Waals surface area contributed by atoms with Gasteiger partial charge in [-0.3, -0.25) is 0 Å². The zero-order chi connectivity index (χ0) is 24.3. The van der Waals surface area contributed by atoms with E-state index in [1.54, 1.807) is 12.1 Å². The van der Waals surface area contributed by atoms with Crippen molar-refractivity contribution in [1.82, 2.24) is 0 Å². The second-order valence-electron chi connectivity index (χ2n) is 7.83. The second-order valence-corrected chi connectivity index (χ2v) is 7.83. The largest absolute Gasteiger partial charge is 0.396 e. The molecular formula is C32H24N2O. The molecule has 0 bridgehead atoms. The fraction of sp³-hybridized carbons (Fsp3) is 0.0938. The van der Waals surface area contributed by atoms with Crippen molar-refractivity contribution in [3.05, 3.63) is 125 Å². The number of unbranched alkanes of at least 4 members (excludes halogenated alkanes) is 1. The molecule has 0 aliphatic rings. The molecule has 3 nitrogen and oxygen atoms in total. The van der Waals surface area contributed by atoms with Crippen LogP contribution in [0.1, 0.15) is 35.1 Å². The Morgan fingerprint density at radius 1 is 0.571 bits per heavy atom. The first-order chi connectivity index (χ1) is 17.3. The number of aliphatic hydroxyl groups excluding tert-OH is 1. The van der Waals surface area contributed by atoms with E-state index in [1.807, 2.05) is 54.6 Å². The molecule has 0 atom stereocenters. The quantitative estimate of drug-likeness (QED) is 0.276. The summed E-state index contributed by atoms with van der Waals surface area (Å²) in [6.45, 7) is 0.166. The summed E-state index contributed by atoms with van der Waals surface area (Å²) < 4.78 is 0. The molecule has 0 aliphatic heterocycles. The molecule has 4 aromatic rings. The highest BCUT2D eigenvalue weighted by Crippen LogP contribution is 2.34. The zero-order valence-electron chi connectivity index (χ0n) is 19.3. The Balaban J connectivity index is 1.59. The minimum atomic E-state index is 0.166. The standard InChI is InChI=1S/C32H24N2O/c33-25-29-14-12-27(13-15-29)10-11-28-18-22-32(23-19-28)34(30-8-4-1-5-9-30)31-20-16-26(17-21-31)7-3-2-6-24-35/h1,4-5,8-9,12-23,35H,2,6,24H2. The highest BCUT2D eigenvalue weighted by atomic mass is 16.2. The molecule has 0 fully saturated rings. The summed E-state index contributed by atoms with van der Waals surface area (Å²) in [6, 6.07) is 36.0. The molecule has 0 radical (unpaired) electrons. The van der Waals surface area contributed by atoms with Crippen molar-refractivity contribution in [1.29, 1.82) is 5.26 Å². The van der Waals surface area contributed by atoms with Crippen LogP contribution in [0.5, 0.6) is 0 Å². The van der Waals surface area contributed by atoms with Gasteiger partial charge in [0.05, 0.1) is 11.6 Å². The average Bonchev–Trinajstić information content (AvgIpc) is 2.92. The topological polar surface area (TPSA) is 47.3 Å². The van der Waals surface area contributed by atoms with Gasteiger partial charge in [-0.15, -0.1) is 0 Å². The summed E-state index contributed by atoms with van der Waals surface area (Å²) in [6.07, 6.45) is 1.38. The van der Waals surface area contributed by atoms with E-state index in [4.69, 9.17) is 10.4 Å². The Hall–Kier alpha value is -4.75. The third kappa shape index (κ3) is 6.40. The molecule has 35 heavy (non-hydrogen) atoms. The van der Waals surface area contributed by atoms with Crippen LogP contribution in [0.3, 0.4) is 0 Å². The molecule has 0 spiro atoms. The molecule has 4 rings (SSSR count). The third-order valence-electron chi connectivity index (χ3n) is 5.32. The van der Waals surface area contributed by atoms with Gasteiger partial charge in [0.15, 0.2) is 0 Å². The molecule has 0 aromatic heterocycles. The van der Waals surface area contributed by atoms with Crippen LogP contribution in [0, 0.1) is 35.0 Å². The summed E-state index contributed by atoms with van der Waals surface area (Å²) in [7, 11) is 0. The van der Waals surface area contributed by atoms with Gasteiger partial charge in [0, 0.05) is 46.8 Å². The van der Waals surface area contributed by atoms with Crippen molar-refractivity contribution < 1.29 is 5.11 Å². The van der Waals surface area contributed by atoms with E-state index in [0.717, 1.165) is 33.8 Å². The predicted molar refractivity (Wildman–Crippen MR) is 141 cm³/mol. The van der Waals surface area contributed by atoms with Crippen LogP contribution in [-0.4, -0.2) is 11.7 Å². The van der Waals surface area contributed by atoms with Gasteiger partial charge in [-0.05, 0) is 91.3 Å². The lowest BCUT2D eigenvalue weighted by atomic mass is 10.1. The van der Waals surface area contributed by atoms with E-state index in [-0.39, 0.29) is 6.61 Å². The van der Waals surface area contributed by atoms with Crippen molar-refractivity contribution in [3.63, 3.8) is 0 Å². The monoisotopic (exact) mass is 452 g/mol. The van der Waals surface area contributed by atoms with E-state index >= 15 is 0 Å². The number of nitriles is 1. The summed E-state index contributed by atoms with van der Waals surface area (Å²) in [5.74, 6) is 12.6. The number of para-hydroxylation sites is 1. The van der Waals surface area contributed by atoms with E-state index in [2.05, 4.69) is 71.0 Å². The Kier molecular flexibility index (Phi) is 7.97. The van der Waals surface area contributed by atoms with Crippen molar-refractivity contribution in [3.8, 4) is 29.8 Å². The fourth-order valence-electron chi connectivity index (χ4n) is 3.52. The summed E-state index contributed by atoms with van der Waals surface area (Å²) in [5.41, 5.74) is 6.50. The van der Waals surface area contributed by atoms with E-state index in [1.165, 1.54) is 0 Å². The maximum Gasteiger partial charge on any atom is 0.0991 e. The minimum absolute atomic E-state index is 0.166. The zero-order valence-corrected chi connectivity index (χ0v) is 19.3. The summed E-state index contributed by atoms with van der Waals surface area (Å²) >= 11 is 0. The van der Waals surface area contributed by atoms with Gasteiger partial charge >= 0.3 is 0 Å². The summed E-state index contributed by atoms with van der Waals surface area (Å²) in [5, 5.41) is 17.8. The van der Waals surface area contributed by atoms with E-state index in [0.29, 0.717) is 18.4 Å². The molecule has 1 N–H and O–H groups in total. The van der Waals surface area contributed by atoms with E-state index in [9.17, 15) is 0 Å². The van der Waals surface area contributed by atoms with Crippen LogP contribution in [0.4, 0.5) is 17.1 Å². The predicted octanol–water partition coefficient (Wildman–Crippen LogP) is 6.55. The van der Waals surface area contributed by atoms with Crippen LogP contribution in [0.15, 0.2) is 103 Å². The van der Waals surface area contributed by atoms with Crippen molar-refractivity contribution in [2.45, 2.75) is 12.8 Å². The normalized spacial score (nSPS) is 9.71. The molecule has 0 unspecified atom stereocenters. The Morgan fingerprint density at radius 2 is 1.03 bits per heavy atom. The SMILES string of the molecule is N#Cc1ccc(C#Cc2ccc(N(c3ccccc3)c3ccc(C#CCCCO)cc3)cc2)cc1. The smallest absolute Gasteiger partial charge is 0.0991 e. The van der Waals surface area contributed by atoms with Gasteiger partial charge in [0.25, 0.3) is 0 Å². The van der Waals surface area contributed by atoms with Gasteiger partial charge in [-0.1, -0.05) is 41.9 Å². The molecule has 4 aromatic carbocycles. The lowest BCUT2D eigenvalue weighted by molar-refractivity contribution is 0.290. The average molecular weight is 453 g/mol. The van der Waals surface area contributed by atoms with Gasteiger partial charge in [-0.25, -0.2) is 0 Å². The van der Waals surface area contributed by atoms with Crippen LogP contribution < -0.4 is 4.90 Å². The fourth-order valence-corrected chi connectivity index (χ4v) is 3.52. The molecule has 168 valence electrons. The van der Waals surface area contributed by atoms with Crippen molar-refractivity contribution in [2.24, 2.45) is 0 Å².